The second kappa shape index (κ2) is 7.27. The van der Waals surface area contributed by atoms with Gasteiger partial charge < -0.3 is 10.6 Å². The molecule has 23 heavy (non-hydrogen) atoms. The maximum Gasteiger partial charge on any atom is 0.261 e. The van der Waals surface area contributed by atoms with Gasteiger partial charge in [0.05, 0.1) is 9.75 Å². The van der Waals surface area contributed by atoms with Crippen LogP contribution in [0.4, 0.5) is 0 Å². The quantitative estimate of drug-likeness (QED) is 0.836. The van der Waals surface area contributed by atoms with Gasteiger partial charge in [-0.3, -0.25) is 9.59 Å². The number of amides is 2. The Morgan fingerprint density at radius 3 is 1.57 bits per heavy atom. The van der Waals surface area contributed by atoms with Crippen molar-refractivity contribution in [2.45, 2.75) is 27.7 Å². The molecule has 4 nitrogen and oxygen atoms in total. The Labute approximate surface area is 144 Å². The SMILES string of the molecule is Cc1ccc(C(=O)NCC(C)(C)CNC(=O)c2ccc(C)s2)s1. The van der Waals surface area contributed by atoms with E-state index in [2.05, 4.69) is 10.6 Å². The molecule has 2 aromatic heterocycles. The molecule has 0 aliphatic rings. The van der Waals surface area contributed by atoms with Crippen molar-refractivity contribution < 1.29 is 9.59 Å². The number of carbonyl (C=O) groups is 2. The van der Waals surface area contributed by atoms with Gasteiger partial charge in [0.2, 0.25) is 0 Å². The molecule has 0 aliphatic carbocycles. The molecule has 0 aromatic carbocycles. The molecule has 0 saturated heterocycles. The summed E-state index contributed by atoms with van der Waals surface area (Å²) in [6.45, 7) is 9.01. The first-order valence-electron chi connectivity index (χ1n) is 7.46. The molecule has 6 heteroatoms. The van der Waals surface area contributed by atoms with Crippen molar-refractivity contribution in [3.63, 3.8) is 0 Å². The first kappa shape index (κ1) is 17.7. The predicted molar refractivity (Wildman–Crippen MR) is 96.6 cm³/mol. The van der Waals surface area contributed by atoms with Crippen molar-refractivity contribution in [1.82, 2.24) is 10.6 Å². The highest BCUT2D eigenvalue weighted by Crippen LogP contribution is 2.18. The van der Waals surface area contributed by atoms with E-state index in [-0.39, 0.29) is 17.2 Å². The van der Waals surface area contributed by atoms with E-state index in [9.17, 15) is 9.59 Å². The molecule has 2 N–H and O–H groups in total. The summed E-state index contributed by atoms with van der Waals surface area (Å²) in [6.07, 6.45) is 0. The summed E-state index contributed by atoms with van der Waals surface area (Å²) in [4.78, 5) is 27.8. The van der Waals surface area contributed by atoms with Crippen molar-refractivity contribution in [3.8, 4) is 0 Å². The van der Waals surface area contributed by atoms with Gasteiger partial charge in [-0.25, -0.2) is 0 Å². The van der Waals surface area contributed by atoms with Crippen LogP contribution in [0, 0.1) is 19.3 Å². The third-order valence-corrected chi connectivity index (χ3v) is 5.38. The lowest BCUT2D eigenvalue weighted by molar-refractivity contribution is 0.0924. The van der Waals surface area contributed by atoms with Crippen LogP contribution in [0.3, 0.4) is 0 Å². The van der Waals surface area contributed by atoms with Crippen molar-refractivity contribution in [3.05, 3.63) is 43.8 Å². The molecule has 0 radical (unpaired) electrons. The Morgan fingerprint density at radius 2 is 1.26 bits per heavy atom. The van der Waals surface area contributed by atoms with E-state index >= 15 is 0 Å². The third kappa shape index (κ3) is 5.18. The van der Waals surface area contributed by atoms with Crippen LogP contribution in [-0.4, -0.2) is 24.9 Å². The van der Waals surface area contributed by atoms with Gasteiger partial charge in [0.15, 0.2) is 0 Å². The van der Waals surface area contributed by atoms with Gasteiger partial charge in [0, 0.05) is 22.8 Å². The van der Waals surface area contributed by atoms with Gasteiger partial charge in [-0.1, -0.05) is 13.8 Å². The summed E-state index contributed by atoms with van der Waals surface area (Å²) in [5, 5.41) is 5.89. The third-order valence-electron chi connectivity index (χ3n) is 3.38. The minimum atomic E-state index is -0.218. The van der Waals surface area contributed by atoms with Crippen LogP contribution in [0.15, 0.2) is 24.3 Å². The average Bonchev–Trinajstić information content (AvgIpc) is 3.11. The highest BCUT2D eigenvalue weighted by molar-refractivity contribution is 7.14. The minimum absolute atomic E-state index is 0.0589. The second-order valence-corrected chi connectivity index (χ2v) is 8.93. The van der Waals surface area contributed by atoms with Gasteiger partial charge in [-0.2, -0.15) is 0 Å². The number of hydrogen-bond acceptors (Lipinski definition) is 4. The summed E-state index contributed by atoms with van der Waals surface area (Å²) < 4.78 is 0. The maximum absolute atomic E-state index is 12.1. The van der Waals surface area contributed by atoms with Crippen LogP contribution in [-0.2, 0) is 0 Å². The zero-order valence-corrected chi connectivity index (χ0v) is 15.5. The zero-order chi connectivity index (χ0) is 17.0. The highest BCUT2D eigenvalue weighted by Gasteiger charge is 2.21. The lowest BCUT2D eigenvalue weighted by atomic mass is 9.93. The van der Waals surface area contributed by atoms with Crippen molar-refractivity contribution in [2.24, 2.45) is 5.41 Å². The Kier molecular flexibility index (Phi) is 5.59. The van der Waals surface area contributed by atoms with Crippen LogP contribution < -0.4 is 10.6 Å². The molecule has 0 fully saturated rings. The van der Waals surface area contributed by atoms with Crippen molar-refractivity contribution in [1.29, 1.82) is 0 Å². The predicted octanol–water partition coefficient (Wildman–Crippen LogP) is 3.61. The number of thiophene rings is 2. The number of aryl methyl sites for hydroxylation is 2. The normalized spacial score (nSPS) is 11.3. The first-order valence-corrected chi connectivity index (χ1v) is 9.09. The molecule has 0 atom stereocenters. The van der Waals surface area contributed by atoms with Crippen LogP contribution in [0.5, 0.6) is 0 Å². The van der Waals surface area contributed by atoms with Crippen LogP contribution >= 0.6 is 22.7 Å². The molecule has 2 heterocycles. The summed E-state index contributed by atoms with van der Waals surface area (Å²) >= 11 is 2.97. The average molecular weight is 351 g/mol. The fourth-order valence-corrected chi connectivity index (χ4v) is 3.56. The molecular formula is C17H22N2O2S2. The molecule has 0 unspecified atom stereocenters. The Hall–Kier alpha value is -1.66. The lowest BCUT2D eigenvalue weighted by Crippen LogP contribution is -2.41. The molecular weight excluding hydrogens is 328 g/mol. The number of rotatable bonds is 6. The van der Waals surface area contributed by atoms with Gasteiger partial charge in [0.25, 0.3) is 11.8 Å². The molecule has 2 amide bonds. The van der Waals surface area contributed by atoms with E-state index in [0.29, 0.717) is 13.1 Å². The first-order chi connectivity index (χ1) is 10.8. The minimum Gasteiger partial charge on any atom is -0.351 e. The number of nitrogens with one attached hydrogen (secondary N) is 2. The van der Waals surface area contributed by atoms with Crippen LogP contribution in [0.2, 0.25) is 0 Å². The van der Waals surface area contributed by atoms with E-state index < -0.39 is 0 Å². The molecule has 2 rings (SSSR count). The topological polar surface area (TPSA) is 58.2 Å². The number of carbonyl (C=O) groups excluding carboxylic acids is 2. The van der Waals surface area contributed by atoms with Crippen LogP contribution in [0.25, 0.3) is 0 Å². The van der Waals surface area contributed by atoms with Gasteiger partial charge in [-0.05, 0) is 43.5 Å². The second-order valence-electron chi connectivity index (χ2n) is 6.35. The van der Waals surface area contributed by atoms with E-state index in [1.54, 1.807) is 0 Å². The summed E-state index contributed by atoms with van der Waals surface area (Å²) in [5.74, 6) is -0.118. The highest BCUT2D eigenvalue weighted by atomic mass is 32.1. The van der Waals surface area contributed by atoms with E-state index in [0.717, 1.165) is 19.5 Å². The zero-order valence-electron chi connectivity index (χ0n) is 13.9. The molecule has 0 bridgehead atoms. The smallest absolute Gasteiger partial charge is 0.261 e. The van der Waals surface area contributed by atoms with Gasteiger partial charge in [-0.15, -0.1) is 22.7 Å². The fourth-order valence-electron chi connectivity index (χ4n) is 1.99. The molecule has 0 spiro atoms. The van der Waals surface area contributed by atoms with Crippen LogP contribution in [0.1, 0.15) is 42.9 Å². The molecule has 2 aromatic rings. The van der Waals surface area contributed by atoms with E-state index in [4.69, 9.17) is 0 Å². The number of hydrogen-bond donors (Lipinski definition) is 2. The monoisotopic (exact) mass is 350 g/mol. The summed E-state index contributed by atoms with van der Waals surface area (Å²) in [5.41, 5.74) is -0.218. The van der Waals surface area contributed by atoms with Crippen molar-refractivity contribution in [2.75, 3.05) is 13.1 Å². The van der Waals surface area contributed by atoms with Crippen molar-refractivity contribution >= 4 is 34.5 Å². The molecule has 0 saturated carbocycles. The molecule has 0 aliphatic heterocycles. The van der Waals surface area contributed by atoms with E-state index in [1.807, 2.05) is 52.0 Å². The Morgan fingerprint density at radius 1 is 0.870 bits per heavy atom. The maximum atomic E-state index is 12.1. The largest absolute Gasteiger partial charge is 0.351 e. The summed E-state index contributed by atoms with van der Waals surface area (Å²) in [7, 11) is 0. The Balaban J connectivity index is 1.82. The van der Waals surface area contributed by atoms with E-state index in [1.165, 1.54) is 22.7 Å². The fraction of sp³-hybridized carbons (Fsp3) is 0.412. The summed E-state index contributed by atoms with van der Waals surface area (Å²) in [6, 6.07) is 7.55. The van der Waals surface area contributed by atoms with Gasteiger partial charge >= 0.3 is 0 Å². The van der Waals surface area contributed by atoms with Gasteiger partial charge in [0.1, 0.15) is 0 Å². The lowest BCUT2D eigenvalue weighted by Gasteiger charge is -2.25. The Bertz CT molecular complexity index is 643. The standard InChI is InChI=1S/C17H22N2O2S2/c1-11-5-7-13(22-11)15(20)18-9-17(3,4)10-19-16(21)14-8-6-12(2)23-14/h5-8H,9-10H2,1-4H3,(H,18,20)(H,19,21). The molecule has 124 valence electrons.